The molecule has 0 amide bonds. The number of fused-ring (bicyclic) bond motifs is 21. The van der Waals surface area contributed by atoms with E-state index in [0.29, 0.717) is 17.2 Å². The Balaban J connectivity index is 0.631. The number of hydrogen-bond acceptors (Lipinski definition) is 8. The SMILES string of the molecule is CC1(C)c2ccccc2-c2cc3c4cc5c(cc4n(-c4ccc6sc7c(-c8ccccn8)nc(-c8ccccc8)nc7c6c4)c3cc21)C(C)(C)c1cc(-c2ccc(-c3nc(-c4ccccc4)nc4c3oc3ccc(-n6c7ccccc7c7cc(-c8ccc9oc%10ccccc%10c9c8)ccc76)cc34)cc2)ccc1-5. The Hall–Kier alpha value is -13.4. The number of hydrogen-bond donors (Lipinski definition) is 0. The second-order valence-corrected chi connectivity index (χ2v) is 30.9. The van der Waals surface area contributed by atoms with Crippen molar-refractivity contribution in [2.75, 3.05) is 0 Å². The molecule has 23 rings (SSSR count). The molecule has 8 heterocycles. The monoisotopic (exact) mass is 1390 g/mol. The Morgan fingerprint density at radius 1 is 0.308 bits per heavy atom. The van der Waals surface area contributed by atoms with Gasteiger partial charge in [0.1, 0.15) is 33.7 Å². The number of para-hydroxylation sites is 2. The van der Waals surface area contributed by atoms with Crippen LogP contribution in [0.3, 0.4) is 0 Å². The van der Waals surface area contributed by atoms with Crippen LogP contribution in [0.15, 0.2) is 306 Å². The van der Waals surface area contributed by atoms with Gasteiger partial charge in [-0.25, -0.2) is 19.9 Å². The van der Waals surface area contributed by atoms with Crippen molar-refractivity contribution in [3.63, 3.8) is 0 Å². The summed E-state index contributed by atoms with van der Waals surface area (Å²) in [5.41, 5.74) is 31.2. The van der Waals surface area contributed by atoms with E-state index in [4.69, 9.17) is 33.8 Å². The number of thiophene rings is 1. The molecule has 0 saturated carbocycles. The minimum atomic E-state index is -0.348. The Morgan fingerprint density at radius 3 is 1.60 bits per heavy atom. The van der Waals surface area contributed by atoms with Crippen LogP contribution in [0.4, 0.5) is 0 Å². The van der Waals surface area contributed by atoms with Crippen LogP contribution in [0.5, 0.6) is 0 Å². The molecule has 0 bridgehead atoms. The van der Waals surface area contributed by atoms with E-state index in [0.717, 1.165) is 137 Å². The van der Waals surface area contributed by atoms with Gasteiger partial charge in [-0.15, -0.1) is 11.3 Å². The van der Waals surface area contributed by atoms with Crippen LogP contribution in [0, 0.1) is 0 Å². The zero-order chi connectivity index (χ0) is 70.7. The van der Waals surface area contributed by atoms with Gasteiger partial charge in [-0.05, 0) is 182 Å². The van der Waals surface area contributed by atoms with E-state index in [9.17, 15) is 0 Å². The van der Waals surface area contributed by atoms with Gasteiger partial charge in [0.25, 0.3) is 0 Å². The van der Waals surface area contributed by atoms with Crippen molar-refractivity contribution in [1.29, 1.82) is 0 Å². The lowest BCUT2D eigenvalue weighted by atomic mass is 9.81. The zero-order valence-corrected chi connectivity index (χ0v) is 59.5. The topological polar surface area (TPSA) is 101 Å². The average molecular weight is 1390 g/mol. The average Bonchev–Trinajstić information content (AvgIpc) is 1.53. The summed E-state index contributed by atoms with van der Waals surface area (Å²) >= 11 is 1.73. The molecular weight excluding hydrogens is 1330 g/mol. The minimum Gasteiger partial charge on any atom is -0.456 e. The first-order valence-corrected chi connectivity index (χ1v) is 37.3. The van der Waals surface area contributed by atoms with E-state index in [-0.39, 0.29) is 10.8 Å². The van der Waals surface area contributed by atoms with Gasteiger partial charge in [-0.1, -0.05) is 204 Å². The highest BCUT2D eigenvalue weighted by atomic mass is 32.1. The lowest BCUT2D eigenvalue weighted by Crippen LogP contribution is -2.15. The maximum absolute atomic E-state index is 6.95. The molecule has 107 heavy (non-hydrogen) atoms. The fraction of sp³-hybridized carbons (Fsp3) is 0.0619. The fourth-order valence-electron chi connectivity index (χ4n) is 17.9. The first kappa shape index (κ1) is 60.1. The molecule has 0 fully saturated rings. The lowest BCUT2D eigenvalue weighted by Gasteiger charge is -2.22. The molecule has 13 aromatic carbocycles. The Bertz CT molecular complexity index is 7420. The molecule has 2 aliphatic carbocycles. The molecule has 502 valence electrons. The van der Waals surface area contributed by atoms with Crippen molar-refractivity contribution in [1.82, 2.24) is 34.1 Å². The number of nitrogens with zero attached hydrogens (tertiary/aromatic N) is 7. The second kappa shape index (κ2) is 22.1. The maximum Gasteiger partial charge on any atom is 0.180 e. The maximum atomic E-state index is 6.95. The summed E-state index contributed by atoms with van der Waals surface area (Å²) in [4.78, 5) is 26.2. The number of aromatic nitrogens is 7. The van der Waals surface area contributed by atoms with E-state index < -0.39 is 0 Å². The van der Waals surface area contributed by atoms with Crippen LogP contribution in [-0.2, 0) is 10.8 Å². The third kappa shape index (κ3) is 8.76. The molecule has 21 aromatic rings. The van der Waals surface area contributed by atoms with Crippen LogP contribution < -0.4 is 0 Å². The number of rotatable bonds is 8. The zero-order valence-electron chi connectivity index (χ0n) is 58.6. The molecule has 0 aliphatic heterocycles. The molecule has 0 radical (unpaired) electrons. The predicted octanol–water partition coefficient (Wildman–Crippen LogP) is 25.6. The van der Waals surface area contributed by atoms with Gasteiger partial charge in [-0.3, -0.25) is 4.98 Å². The van der Waals surface area contributed by atoms with Gasteiger partial charge in [0.05, 0.1) is 38.0 Å². The number of pyridine rings is 1. The summed E-state index contributed by atoms with van der Waals surface area (Å²) < 4.78 is 20.2. The first-order chi connectivity index (χ1) is 52.5. The largest absolute Gasteiger partial charge is 0.456 e. The Kier molecular flexibility index (Phi) is 12.4. The molecule has 0 unspecified atom stereocenters. The predicted molar refractivity (Wildman–Crippen MR) is 439 cm³/mol. The van der Waals surface area contributed by atoms with Crippen molar-refractivity contribution >= 4 is 119 Å². The minimum absolute atomic E-state index is 0.197. The van der Waals surface area contributed by atoms with Crippen molar-refractivity contribution in [2.45, 2.75) is 38.5 Å². The molecule has 2 aliphatic rings. The van der Waals surface area contributed by atoms with Gasteiger partial charge in [0.2, 0.25) is 0 Å². The van der Waals surface area contributed by atoms with Crippen LogP contribution in [0.25, 0.3) is 209 Å². The highest BCUT2D eigenvalue weighted by Gasteiger charge is 2.39. The standard InChI is InChI=1S/C97H61N7O2S/c1-96(2)75-26-14-11-23-63(75)67-50-70-71-51-68-64-39-34-60(47-76(64)97(3,4)78(68)53-83(71)104(82(70)52-77(67)96)62-38-43-87-74(49-62)90-93(107-87)91(79-27-17-18-44-98-79)102-95(101-90)57-21-9-6-10-22-57)54-30-32-55(33-31-54)88-92-89(100-94(99-88)56-19-7-5-8-20-56)73-48-61(37-42-86(73)106-92)103-80-28-15-12-24-65(80)69-45-58(35-40-81(69)103)59-36-41-85-72(46-59)66-25-13-16-29-84(66)105-85/h5-53H,1-4H3. The van der Waals surface area contributed by atoms with Crippen LogP contribution in [-0.4, -0.2) is 34.1 Å². The van der Waals surface area contributed by atoms with Gasteiger partial charge < -0.3 is 18.0 Å². The van der Waals surface area contributed by atoms with E-state index in [1.165, 1.54) is 77.1 Å². The van der Waals surface area contributed by atoms with Gasteiger partial charge >= 0.3 is 0 Å². The van der Waals surface area contributed by atoms with Crippen LogP contribution in [0.2, 0.25) is 0 Å². The van der Waals surface area contributed by atoms with Gasteiger partial charge in [0, 0.05) is 92.9 Å². The second-order valence-electron chi connectivity index (χ2n) is 29.9. The number of benzene rings is 13. The first-order valence-electron chi connectivity index (χ1n) is 36.5. The summed E-state index contributed by atoms with van der Waals surface area (Å²) in [5, 5.41) is 9.03. The van der Waals surface area contributed by atoms with E-state index in [1.807, 2.05) is 72.9 Å². The van der Waals surface area contributed by atoms with Crippen molar-refractivity contribution in [3.05, 3.63) is 320 Å². The van der Waals surface area contributed by atoms with Crippen molar-refractivity contribution < 1.29 is 8.83 Å². The van der Waals surface area contributed by atoms with Gasteiger partial charge in [-0.2, -0.15) is 0 Å². The third-order valence-electron chi connectivity index (χ3n) is 23.2. The third-order valence-corrected chi connectivity index (χ3v) is 24.4. The van der Waals surface area contributed by atoms with Crippen molar-refractivity contribution in [2.24, 2.45) is 0 Å². The molecule has 0 atom stereocenters. The Labute approximate surface area is 617 Å². The van der Waals surface area contributed by atoms with E-state index >= 15 is 0 Å². The molecule has 9 nitrogen and oxygen atoms in total. The molecule has 8 aromatic heterocycles. The number of furan rings is 2. The highest BCUT2D eigenvalue weighted by molar-refractivity contribution is 7.26. The van der Waals surface area contributed by atoms with Gasteiger partial charge in [0.15, 0.2) is 17.2 Å². The van der Waals surface area contributed by atoms with E-state index in [2.05, 4.69) is 261 Å². The summed E-state index contributed by atoms with van der Waals surface area (Å²) in [6.45, 7) is 9.55. The molecule has 0 saturated heterocycles. The molecule has 0 spiro atoms. The summed E-state index contributed by atoms with van der Waals surface area (Å²) in [6, 6.07) is 105. The molecule has 10 heteroatoms. The normalized spacial score (nSPS) is 13.6. The summed E-state index contributed by atoms with van der Waals surface area (Å²) in [5.74, 6) is 1.31. The molecular formula is C97H61N7O2S. The lowest BCUT2D eigenvalue weighted by molar-refractivity contribution is 0.661. The Morgan fingerprint density at radius 2 is 0.841 bits per heavy atom. The fourth-order valence-corrected chi connectivity index (χ4v) is 19.0. The van der Waals surface area contributed by atoms with Crippen molar-refractivity contribution in [3.8, 4) is 101 Å². The smallest absolute Gasteiger partial charge is 0.180 e. The summed E-state index contributed by atoms with van der Waals surface area (Å²) in [7, 11) is 0. The quantitative estimate of drug-likeness (QED) is 0.149. The van der Waals surface area contributed by atoms with E-state index in [1.54, 1.807) is 11.3 Å². The highest BCUT2D eigenvalue weighted by Crippen LogP contribution is 2.56. The van der Waals surface area contributed by atoms with Crippen LogP contribution >= 0.6 is 11.3 Å². The molecule has 0 N–H and O–H groups in total. The van der Waals surface area contributed by atoms with Crippen LogP contribution in [0.1, 0.15) is 49.9 Å². The summed E-state index contributed by atoms with van der Waals surface area (Å²) in [6.07, 6.45) is 1.84.